The van der Waals surface area contributed by atoms with Crippen LogP contribution in [0.1, 0.15) is 38.3 Å². The molecule has 1 saturated heterocycles. The predicted octanol–water partition coefficient (Wildman–Crippen LogP) is 4.20. The molecule has 1 N–H and O–H groups in total. The molecule has 2 aromatic rings. The Morgan fingerprint density at radius 1 is 1.21 bits per heavy atom. The minimum absolute atomic E-state index is 0.0917. The van der Waals surface area contributed by atoms with Gasteiger partial charge in [0.05, 0.1) is 13.2 Å². The van der Waals surface area contributed by atoms with Crippen LogP contribution < -0.4 is 9.64 Å². The molecule has 8 nitrogen and oxygen atoms in total. The van der Waals surface area contributed by atoms with E-state index in [1.165, 1.54) is 11.6 Å². The molecule has 0 bridgehead atoms. The van der Waals surface area contributed by atoms with Gasteiger partial charge in [-0.25, -0.2) is 14.6 Å². The average Bonchev–Trinajstić information content (AvgIpc) is 3.20. The lowest BCUT2D eigenvalue weighted by Crippen LogP contribution is -2.45. The highest BCUT2D eigenvalue weighted by Crippen LogP contribution is 2.26. The number of nitrogens with zero attached hydrogens (tertiary/aromatic N) is 3. The van der Waals surface area contributed by atoms with Gasteiger partial charge in [0.1, 0.15) is 17.2 Å². The second kappa shape index (κ2) is 10.5. The van der Waals surface area contributed by atoms with Crippen LogP contribution in [0.25, 0.3) is 6.08 Å². The van der Waals surface area contributed by atoms with Crippen LogP contribution in [0.4, 0.5) is 10.6 Å². The smallest absolute Gasteiger partial charge is 0.416 e. The second-order valence-corrected chi connectivity index (χ2v) is 9.00. The quantitative estimate of drug-likeness (QED) is 0.628. The zero-order chi connectivity index (χ0) is 24.0. The molecular formula is C25H31N3O5. The number of benzene rings is 1. The minimum atomic E-state index is -1.03. The van der Waals surface area contributed by atoms with Gasteiger partial charge in [-0.2, -0.15) is 0 Å². The van der Waals surface area contributed by atoms with E-state index in [4.69, 9.17) is 14.6 Å². The maximum absolute atomic E-state index is 13.1. The highest BCUT2D eigenvalue weighted by atomic mass is 16.6. The Labute approximate surface area is 194 Å². The van der Waals surface area contributed by atoms with E-state index < -0.39 is 17.7 Å². The number of carboxylic acid groups (broad SMARTS) is 1. The Bertz CT molecular complexity index is 981. The average molecular weight is 454 g/mol. The normalized spacial score (nSPS) is 16.7. The highest BCUT2D eigenvalue weighted by molar-refractivity contribution is 5.88. The number of amides is 1. The summed E-state index contributed by atoms with van der Waals surface area (Å²) in [7, 11) is 1.65. The van der Waals surface area contributed by atoms with Crippen LogP contribution in [0.5, 0.6) is 5.75 Å². The highest BCUT2D eigenvalue weighted by Gasteiger charge is 2.35. The van der Waals surface area contributed by atoms with Gasteiger partial charge in [0.25, 0.3) is 0 Å². The number of likely N-dealkylation sites (tertiary alicyclic amines) is 1. The number of aliphatic carboxylic acids is 1. The van der Waals surface area contributed by atoms with E-state index in [1.54, 1.807) is 30.3 Å². The van der Waals surface area contributed by atoms with Crippen LogP contribution in [0.3, 0.4) is 0 Å². The fraction of sp³-hybridized carbons (Fsp3) is 0.400. The maximum Gasteiger partial charge on any atom is 0.416 e. The summed E-state index contributed by atoms with van der Waals surface area (Å²) >= 11 is 0. The standard InChI is InChI=1S/C25H31N3O5/c1-25(2,3)33-24(31)28(22-11-7-18(15-26-22)8-12-23(29)30)20-13-14-27(17-20)16-19-5-9-21(32-4)10-6-19/h5-12,15,20H,13-14,16-17H2,1-4H3,(H,29,30)/b12-8+/t20-/m1/s1. The molecule has 1 amide bonds. The Morgan fingerprint density at radius 3 is 2.52 bits per heavy atom. The summed E-state index contributed by atoms with van der Waals surface area (Å²) in [4.78, 5) is 32.2. The number of ether oxygens (including phenoxy) is 2. The number of pyridine rings is 1. The van der Waals surface area contributed by atoms with Gasteiger partial charge in [-0.1, -0.05) is 12.1 Å². The molecule has 1 aromatic heterocycles. The van der Waals surface area contributed by atoms with Crippen molar-refractivity contribution in [3.8, 4) is 5.75 Å². The van der Waals surface area contributed by atoms with Crippen molar-refractivity contribution in [1.82, 2.24) is 9.88 Å². The van der Waals surface area contributed by atoms with Crippen molar-refractivity contribution in [3.05, 3.63) is 59.8 Å². The third-order valence-electron chi connectivity index (χ3n) is 5.20. The van der Waals surface area contributed by atoms with E-state index in [9.17, 15) is 9.59 Å². The number of methoxy groups -OCH3 is 1. The molecule has 0 unspecified atom stereocenters. The van der Waals surface area contributed by atoms with E-state index in [0.29, 0.717) is 17.9 Å². The molecule has 1 aliphatic rings. The summed E-state index contributed by atoms with van der Waals surface area (Å²) < 4.78 is 10.9. The molecule has 0 saturated carbocycles. The van der Waals surface area contributed by atoms with Crippen LogP contribution in [-0.2, 0) is 16.1 Å². The molecule has 1 atom stereocenters. The molecule has 1 aromatic carbocycles. The largest absolute Gasteiger partial charge is 0.497 e. The Kier molecular flexibility index (Phi) is 7.71. The van der Waals surface area contributed by atoms with E-state index in [0.717, 1.165) is 31.3 Å². The van der Waals surface area contributed by atoms with Gasteiger partial charge in [-0.05, 0) is 68.7 Å². The summed E-state index contributed by atoms with van der Waals surface area (Å²) in [6.45, 7) is 7.81. The Hall–Kier alpha value is -3.39. The maximum atomic E-state index is 13.1. The summed E-state index contributed by atoms with van der Waals surface area (Å²) in [5, 5.41) is 8.81. The predicted molar refractivity (Wildman–Crippen MR) is 126 cm³/mol. The van der Waals surface area contributed by atoms with Gasteiger partial charge in [0.15, 0.2) is 0 Å². The molecule has 0 aliphatic carbocycles. The topological polar surface area (TPSA) is 92.2 Å². The van der Waals surface area contributed by atoms with Gasteiger partial charge in [0.2, 0.25) is 0 Å². The first-order valence-corrected chi connectivity index (χ1v) is 10.9. The second-order valence-electron chi connectivity index (χ2n) is 9.00. The van der Waals surface area contributed by atoms with Gasteiger partial charge < -0.3 is 14.6 Å². The third kappa shape index (κ3) is 7.05. The molecular weight excluding hydrogens is 422 g/mol. The van der Waals surface area contributed by atoms with Crippen LogP contribution in [-0.4, -0.2) is 58.9 Å². The van der Waals surface area contributed by atoms with Crippen molar-refractivity contribution in [3.63, 3.8) is 0 Å². The first-order chi connectivity index (χ1) is 15.6. The summed E-state index contributed by atoms with van der Waals surface area (Å²) in [6.07, 6.45) is 4.41. The zero-order valence-corrected chi connectivity index (χ0v) is 19.5. The zero-order valence-electron chi connectivity index (χ0n) is 19.5. The van der Waals surface area contributed by atoms with Crippen LogP contribution in [0.2, 0.25) is 0 Å². The van der Waals surface area contributed by atoms with Gasteiger partial charge in [-0.3, -0.25) is 9.80 Å². The fourth-order valence-corrected chi connectivity index (χ4v) is 3.70. The monoisotopic (exact) mass is 453 g/mol. The third-order valence-corrected chi connectivity index (χ3v) is 5.20. The molecule has 33 heavy (non-hydrogen) atoms. The minimum Gasteiger partial charge on any atom is -0.497 e. The van der Waals surface area contributed by atoms with Crippen LogP contribution in [0.15, 0.2) is 48.7 Å². The number of hydrogen-bond acceptors (Lipinski definition) is 6. The van der Waals surface area contributed by atoms with Gasteiger partial charge in [-0.15, -0.1) is 0 Å². The van der Waals surface area contributed by atoms with Crippen molar-refractivity contribution >= 4 is 24.0 Å². The lowest BCUT2D eigenvalue weighted by atomic mass is 10.2. The number of carboxylic acids is 1. The number of hydrogen-bond donors (Lipinski definition) is 1. The molecule has 1 aliphatic heterocycles. The van der Waals surface area contributed by atoms with Crippen LogP contribution in [0, 0.1) is 0 Å². The molecule has 0 radical (unpaired) electrons. The van der Waals surface area contributed by atoms with Gasteiger partial charge >= 0.3 is 12.1 Å². The first-order valence-electron chi connectivity index (χ1n) is 10.9. The first kappa shape index (κ1) is 24.3. The number of carbonyl (C=O) groups is 2. The van der Waals surface area contributed by atoms with E-state index in [1.807, 2.05) is 45.0 Å². The van der Waals surface area contributed by atoms with Crippen molar-refractivity contribution in [2.45, 2.75) is 45.4 Å². The SMILES string of the molecule is COc1ccc(CN2CC[C@@H](N(C(=O)OC(C)(C)C)c3ccc(/C=C/C(=O)O)cn3)C2)cc1. The molecule has 3 rings (SSSR count). The summed E-state index contributed by atoms with van der Waals surface area (Å²) in [5.41, 5.74) is 1.17. The Morgan fingerprint density at radius 2 is 1.94 bits per heavy atom. The number of anilines is 1. The van der Waals surface area contributed by atoms with Crippen molar-refractivity contribution < 1.29 is 24.2 Å². The van der Waals surface area contributed by atoms with Crippen molar-refractivity contribution in [2.75, 3.05) is 25.1 Å². The molecule has 8 heteroatoms. The van der Waals surface area contributed by atoms with Gasteiger partial charge in [0, 0.05) is 31.9 Å². The molecule has 2 heterocycles. The lowest BCUT2D eigenvalue weighted by Gasteiger charge is -2.31. The fourth-order valence-electron chi connectivity index (χ4n) is 3.70. The number of aromatic nitrogens is 1. The van der Waals surface area contributed by atoms with Crippen molar-refractivity contribution in [1.29, 1.82) is 0 Å². The van der Waals surface area contributed by atoms with Crippen LogP contribution >= 0.6 is 0 Å². The van der Waals surface area contributed by atoms with E-state index >= 15 is 0 Å². The van der Waals surface area contributed by atoms with Crippen molar-refractivity contribution in [2.24, 2.45) is 0 Å². The summed E-state index contributed by atoms with van der Waals surface area (Å²) in [5.74, 6) is 0.271. The molecule has 1 fully saturated rings. The van der Waals surface area contributed by atoms with E-state index in [2.05, 4.69) is 9.88 Å². The molecule has 0 spiro atoms. The Balaban J connectivity index is 1.76. The van der Waals surface area contributed by atoms with E-state index in [-0.39, 0.29) is 6.04 Å². The number of rotatable bonds is 7. The summed E-state index contributed by atoms with van der Waals surface area (Å²) in [6, 6.07) is 11.3. The number of carbonyl (C=O) groups excluding carboxylic acids is 1. The lowest BCUT2D eigenvalue weighted by molar-refractivity contribution is -0.131. The molecule has 176 valence electrons.